The summed E-state index contributed by atoms with van der Waals surface area (Å²) in [4.78, 5) is 15.7. The molecule has 3 nitrogen and oxygen atoms in total. The van der Waals surface area contributed by atoms with Crippen molar-refractivity contribution in [3.8, 4) is 0 Å². The van der Waals surface area contributed by atoms with Gasteiger partial charge in [0, 0.05) is 26.2 Å². The lowest BCUT2D eigenvalue weighted by atomic mass is 9.71. The second kappa shape index (κ2) is 3.14. The van der Waals surface area contributed by atoms with Crippen LogP contribution in [0.3, 0.4) is 0 Å². The van der Waals surface area contributed by atoms with Crippen molar-refractivity contribution in [2.24, 2.45) is 5.92 Å². The summed E-state index contributed by atoms with van der Waals surface area (Å²) < 4.78 is 0. The number of hydrogen-bond acceptors (Lipinski definition) is 1. The molecule has 1 saturated heterocycles. The van der Waals surface area contributed by atoms with E-state index in [0.29, 0.717) is 5.92 Å². The van der Waals surface area contributed by atoms with Gasteiger partial charge in [0.05, 0.1) is 0 Å². The molecule has 2 rings (SSSR count). The highest BCUT2D eigenvalue weighted by Crippen LogP contribution is 2.40. The molecule has 80 valence electrons. The van der Waals surface area contributed by atoms with Gasteiger partial charge in [-0.05, 0) is 25.7 Å². The zero-order valence-corrected chi connectivity index (χ0v) is 9.42. The lowest BCUT2D eigenvalue weighted by Crippen LogP contribution is -2.63. The second-order valence-electron chi connectivity index (χ2n) is 5.02. The van der Waals surface area contributed by atoms with Crippen molar-refractivity contribution >= 4 is 6.03 Å². The molecule has 2 fully saturated rings. The summed E-state index contributed by atoms with van der Waals surface area (Å²) in [6.07, 6.45) is 5.05. The van der Waals surface area contributed by atoms with E-state index in [0.717, 1.165) is 6.54 Å². The van der Waals surface area contributed by atoms with Crippen LogP contribution in [0.1, 0.15) is 32.6 Å². The first-order valence-electron chi connectivity index (χ1n) is 5.54. The molecule has 0 bridgehead atoms. The molecule has 0 aromatic heterocycles. The van der Waals surface area contributed by atoms with Crippen LogP contribution in [0, 0.1) is 5.92 Å². The Morgan fingerprint density at radius 3 is 2.79 bits per heavy atom. The molecule has 2 unspecified atom stereocenters. The normalized spacial score (nSPS) is 38.5. The minimum absolute atomic E-state index is 0.127. The van der Waals surface area contributed by atoms with Crippen LogP contribution in [0.5, 0.6) is 0 Å². The van der Waals surface area contributed by atoms with Crippen LogP contribution >= 0.6 is 0 Å². The van der Waals surface area contributed by atoms with Crippen molar-refractivity contribution < 1.29 is 4.79 Å². The molecule has 1 aliphatic heterocycles. The molecule has 0 aromatic carbocycles. The Morgan fingerprint density at radius 2 is 2.07 bits per heavy atom. The molecule has 1 aliphatic carbocycles. The van der Waals surface area contributed by atoms with Crippen LogP contribution in [-0.2, 0) is 0 Å². The van der Waals surface area contributed by atoms with Crippen molar-refractivity contribution in [3.05, 3.63) is 0 Å². The maximum Gasteiger partial charge on any atom is 0.319 e. The summed E-state index contributed by atoms with van der Waals surface area (Å²) in [7, 11) is 3.86. The van der Waals surface area contributed by atoms with E-state index in [2.05, 4.69) is 6.92 Å². The van der Waals surface area contributed by atoms with Crippen LogP contribution in [0.2, 0.25) is 0 Å². The Kier molecular flexibility index (Phi) is 2.20. The van der Waals surface area contributed by atoms with Gasteiger partial charge in [-0.2, -0.15) is 0 Å². The van der Waals surface area contributed by atoms with Crippen LogP contribution in [-0.4, -0.2) is 42.0 Å². The first-order valence-corrected chi connectivity index (χ1v) is 5.54. The summed E-state index contributed by atoms with van der Waals surface area (Å²) >= 11 is 0. The summed E-state index contributed by atoms with van der Waals surface area (Å²) in [5.74, 6) is 0.670. The fraction of sp³-hybridized carbons (Fsp3) is 0.909. The second-order valence-corrected chi connectivity index (χ2v) is 5.02. The number of carbonyl (C=O) groups is 1. The van der Waals surface area contributed by atoms with Gasteiger partial charge in [-0.3, -0.25) is 0 Å². The molecule has 2 aliphatic rings. The smallest absolute Gasteiger partial charge is 0.319 e. The van der Waals surface area contributed by atoms with Crippen molar-refractivity contribution in [1.82, 2.24) is 9.80 Å². The van der Waals surface area contributed by atoms with Crippen molar-refractivity contribution in [2.75, 3.05) is 20.6 Å². The monoisotopic (exact) mass is 196 g/mol. The van der Waals surface area contributed by atoms with Crippen molar-refractivity contribution in [2.45, 2.75) is 38.1 Å². The van der Waals surface area contributed by atoms with E-state index < -0.39 is 0 Å². The summed E-state index contributed by atoms with van der Waals surface area (Å²) in [5.41, 5.74) is 0.127. The number of carbonyl (C=O) groups excluding carboxylic acids is 1. The fourth-order valence-electron chi connectivity index (χ4n) is 3.00. The van der Waals surface area contributed by atoms with E-state index in [1.807, 2.05) is 23.9 Å². The van der Waals surface area contributed by atoms with E-state index in [1.165, 1.54) is 25.7 Å². The number of rotatable bonds is 0. The standard InChI is InChI=1S/C11H20N2O/c1-11-7-5-4-6-9(11)8-12(2)10(14)13(11)3/h9H,4-8H2,1-3H3. The molecule has 2 atom stereocenters. The fourth-order valence-corrected chi connectivity index (χ4v) is 3.00. The highest BCUT2D eigenvalue weighted by molar-refractivity contribution is 5.75. The topological polar surface area (TPSA) is 23.6 Å². The summed E-state index contributed by atoms with van der Waals surface area (Å²) in [6, 6.07) is 0.186. The Labute approximate surface area is 86.1 Å². The highest BCUT2D eigenvalue weighted by atomic mass is 16.2. The van der Waals surface area contributed by atoms with Gasteiger partial charge in [0.15, 0.2) is 0 Å². The lowest BCUT2D eigenvalue weighted by Gasteiger charge is -2.53. The van der Waals surface area contributed by atoms with Crippen molar-refractivity contribution in [3.63, 3.8) is 0 Å². The van der Waals surface area contributed by atoms with Crippen LogP contribution in [0.15, 0.2) is 0 Å². The molecule has 0 spiro atoms. The minimum atomic E-state index is 0.127. The molecule has 3 heteroatoms. The lowest BCUT2D eigenvalue weighted by molar-refractivity contribution is 0.00163. The average molecular weight is 196 g/mol. The third-order valence-electron chi connectivity index (χ3n) is 4.24. The Balaban J connectivity index is 2.25. The summed E-state index contributed by atoms with van der Waals surface area (Å²) in [5, 5.41) is 0. The van der Waals surface area contributed by atoms with Gasteiger partial charge in [0.1, 0.15) is 0 Å². The quantitative estimate of drug-likeness (QED) is 0.580. The first-order chi connectivity index (χ1) is 6.55. The van der Waals surface area contributed by atoms with E-state index in [1.54, 1.807) is 0 Å². The largest absolute Gasteiger partial charge is 0.327 e. The van der Waals surface area contributed by atoms with Gasteiger partial charge in [0.2, 0.25) is 0 Å². The number of hydrogen-bond donors (Lipinski definition) is 0. The summed E-state index contributed by atoms with van der Waals surface area (Å²) in [6.45, 7) is 3.20. The number of amides is 2. The van der Waals surface area contributed by atoms with Gasteiger partial charge >= 0.3 is 6.03 Å². The zero-order chi connectivity index (χ0) is 10.3. The third kappa shape index (κ3) is 1.22. The molecule has 1 heterocycles. The molecular weight excluding hydrogens is 176 g/mol. The van der Waals surface area contributed by atoms with Gasteiger partial charge in [0.25, 0.3) is 0 Å². The van der Waals surface area contributed by atoms with E-state index in [4.69, 9.17) is 0 Å². The molecule has 2 amide bonds. The molecule has 0 radical (unpaired) electrons. The number of urea groups is 1. The van der Waals surface area contributed by atoms with Crippen LogP contribution < -0.4 is 0 Å². The number of nitrogens with zero attached hydrogens (tertiary/aromatic N) is 2. The molecular formula is C11H20N2O. The van der Waals surface area contributed by atoms with E-state index >= 15 is 0 Å². The first kappa shape index (κ1) is 9.81. The molecule has 0 aromatic rings. The van der Waals surface area contributed by atoms with Crippen LogP contribution in [0.25, 0.3) is 0 Å². The Morgan fingerprint density at radius 1 is 1.36 bits per heavy atom. The Bertz CT molecular complexity index is 254. The van der Waals surface area contributed by atoms with Gasteiger partial charge in [-0.1, -0.05) is 12.8 Å². The SMILES string of the molecule is CN1CC2CCCCC2(C)N(C)C1=O. The predicted molar refractivity (Wildman–Crippen MR) is 56.2 cm³/mol. The predicted octanol–water partition coefficient (Wildman–Crippen LogP) is 1.93. The van der Waals surface area contributed by atoms with E-state index in [9.17, 15) is 4.79 Å². The molecule has 0 N–H and O–H groups in total. The Hall–Kier alpha value is -0.730. The minimum Gasteiger partial charge on any atom is -0.327 e. The zero-order valence-electron chi connectivity index (χ0n) is 9.42. The van der Waals surface area contributed by atoms with Gasteiger partial charge in [-0.15, -0.1) is 0 Å². The molecule has 14 heavy (non-hydrogen) atoms. The average Bonchev–Trinajstić information content (AvgIpc) is 2.17. The molecule has 1 saturated carbocycles. The van der Waals surface area contributed by atoms with Gasteiger partial charge in [-0.25, -0.2) is 4.79 Å². The maximum atomic E-state index is 11.8. The maximum absolute atomic E-state index is 11.8. The highest BCUT2D eigenvalue weighted by Gasteiger charge is 2.46. The third-order valence-corrected chi connectivity index (χ3v) is 4.24. The van der Waals surface area contributed by atoms with Crippen molar-refractivity contribution in [1.29, 1.82) is 0 Å². The van der Waals surface area contributed by atoms with Crippen LogP contribution in [0.4, 0.5) is 4.79 Å². The van der Waals surface area contributed by atoms with E-state index in [-0.39, 0.29) is 11.6 Å². The van der Waals surface area contributed by atoms with Gasteiger partial charge < -0.3 is 9.80 Å². The number of fused-ring (bicyclic) bond motifs is 1.